The van der Waals surface area contributed by atoms with Gasteiger partial charge in [0, 0.05) is 5.92 Å². The second kappa shape index (κ2) is 3.93. The molecular formula is C16H18. The maximum atomic E-state index is 2.41. The first-order valence-corrected chi connectivity index (χ1v) is 6.35. The van der Waals surface area contributed by atoms with Crippen molar-refractivity contribution in [3.8, 4) is 0 Å². The topological polar surface area (TPSA) is 0 Å². The van der Waals surface area contributed by atoms with Gasteiger partial charge in [0.15, 0.2) is 0 Å². The number of fused-ring (bicyclic) bond motifs is 3. The zero-order chi connectivity index (χ0) is 11.0. The van der Waals surface area contributed by atoms with Crippen LogP contribution in [0.3, 0.4) is 0 Å². The van der Waals surface area contributed by atoms with E-state index in [1.165, 1.54) is 12.8 Å². The number of benzene rings is 1. The molecule has 0 amide bonds. The quantitative estimate of drug-likeness (QED) is 0.678. The summed E-state index contributed by atoms with van der Waals surface area (Å²) < 4.78 is 0. The number of hydrogen-bond donors (Lipinski definition) is 0. The summed E-state index contributed by atoms with van der Waals surface area (Å²) in [5.41, 5.74) is 3.15. The largest absolute Gasteiger partial charge is 0.0799 e. The summed E-state index contributed by atoms with van der Waals surface area (Å²) in [6.07, 6.45) is 11.8. The molecule has 3 rings (SSSR count). The van der Waals surface area contributed by atoms with Crippen LogP contribution in [-0.4, -0.2) is 0 Å². The maximum Gasteiger partial charge on any atom is 0.00927 e. The van der Waals surface area contributed by atoms with Gasteiger partial charge in [0.05, 0.1) is 0 Å². The molecule has 1 aromatic carbocycles. The van der Waals surface area contributed by atoms with Crippen LogP contribution >= 0.6 is 0 Å². The fourth-order valence-electron chi connectivity index (χ4n) is 3.34. The van der Waals surface area contributed by atoms with Crippen LogP contribution in [0.1, 0.15) is 42.7 Å². The van der Waals surface area contributed by atoms with Crippen molar-refractivity contribution in [2.24, 2.45) is 5.92 Å². The Bertz CT molecular complexity index is 439. The van der Waals surface area contributed by atoms with Crippen molar-refractivity contribution < 1.29 is 0 Å². The highest BCUT2D eigenvalue weighted by atomic mass is 14.4. The molecule has 0 saturated heterocycles. The van der Waals surface area contributed by atoms with E-state index in [9.17, 15) is 0 Å². The van der Waals surface area contributed by atoms with Gasteiger partial charge in [0.2, 0.25) is 0 Å². The number of rotatable bonds is 2. The van der Waals surface area contributed by atoms with Crippen LogP contribution in [0.4, 0.5) is 0 Å². The van der Waals surface area contributed by atoms with Crippen LogP contribution in [0.15, 0.2) is 48.6 Å². The zero-order valence-corrected chi connectivity index (χ0v) is 9.77. The highest BCUT2D eigenvalue weighted by Gasteiger charge is 2.37. The molecule has 0 nitrogen and oxygen atoms in total. The lowest BCUT2D eigenvalue weighted by molar-refractivity contribution is 0.478. The molecule has 0 saturated carbocycles. The fraction of sp³-hybridized carbons (Fsp3) is 0.375. The summed E-state index contributed by atoms with van der Waals surface area (Å²) in [4.78, 5) is 0. The molecule has 0 heterocycles. The molecule has 0 radical (unpaired) electrons. The van der Waals surface area contributed by atoms with E-state index >= 15 is 0 Å². The first-order chi connectivity index (χ1) is 7.92. The van der Waals surface area contributed by atoms with Crippen LogP contribution in [0.5, 0.6) is 0 Å². The Kier molecular flexibility index (Phi) is 2.43. The van der Waals surface area contributed by atoms with Crippen LogP contribution in [0.2, 0.25) is 0 Å². The molecule has 0 aromatic heterocycles. The van der Waals surface area contributed by atoms with Gasteiger partial charge in [-0.2, -0.15) is 0 Å². The van der Waals surface area contributed by atoms with Crippen LogP contribution in [0, 0.1) is 5.92 Å². The highest BCUT2D eigenvalue weighted by Crippen LogP contribution is 2.50. The van der Waals surface area contributed by atoms with Crippen molar-refractivity contribution >= 4 is 0 Å². The molecule has 1 aromatic rings. The predicted octanol–water partition coefficient (Wildman–Crippen LogP) is 4.41. The lowest BCUT2D eigenvalue weighted by atomic mass is 9.82. The van der Waals surface area contributed by atoms with E-state index < -0.39 is 0 Å². The molecule has 0 aliphatic heterocycles. The smallest absolute Gasteiger partial charge is 0.00927 e. The summed E-state index contributed by atoms with van der Waals surface area (Å²) in [5, 5.41) is 0. The fourth-order valence-corrected chi connectivity index (χ4v) is 3.34. The molecule has 0 fully saturated rings. The lowest BCUT2D eigenvalue weighted by Gasteiger charge is -2.22. The number of allylic oxidation sites excluding steroid dienone is 4. The van der Waals surface area contributed by atoms with E-state index in [0.717, 1.165) is 5.92 Å². The average Bonchev–Trinajstić information content (AvgIpc) is 2.66. The molecule has 16 heavy (non-hydrogen) atoms. The van der Waals surface area contributed by atoms with E-state index in [0.29, 0.717) is 11.8 Å². The van der Waals surface area contributed by atoms with Crippen molar-refractivity contribution in [3.63, 3.8) is 0 Å². The molecular weight excluding hydrogens is 192 g/mol. The second-order valence-corrected chi connectivity index (χ2v) is 4.90. The van der Waals surface area contributed by atoms with E-state index in [1.54, 1.807) is 11.1 Å². The summed E-state index contributed by atoms with van der Waals surface area (Å²) >= 11 is 0. The summed E-state index contributed by atoms with van der Waals surface area (Å²) in [7, 11) is 0. The van der Waals surface area contributed by atoms with Crippen molar-refractivity contribution in [2.45, 2.75) is 31.6 Å². The van der Waals surface area contributed by atoms with Gasteiger partial charge in [-0.15, -0.1) is 0 Å². The molecule has 0 bridgehead atoms. The predicted molar refractivity (Wildman–Crippen MR) is 68.6 cm³/mol. The molecule has 3 atom stereocenters. The van der Waals surface area contributed by atoms with E-state index in [1.807, 2.05) is 0 Å². The lowest BCUT2D eigenvalue weighted by Crippen LogP contribution is -2.10. The van der Waals surface area contributed by atoms with Gasteiger partial charge in [0.1, 0.15) is 0 Å². The van der Waals surface area contributed by atoms with Gasteiger partial charge in [-0.1, -0.05) is 61.9 Å². The van der Waals surface area contributed by atoms with Gasteiger partial charge in [-0.05, 0) is 29.4 Å². The Morgan fingerprint density at radius 2 is 1.75 bits per heavy atom. The normalized spacial score (nSPS) is 30.2. The van der Waals surface area contributed by atoms with Crippen LogP contribution in [0.25, 0.3) is 0 Å². The second-order valence-electron chi connectivity index (χ2n) is 4.90. The third-order valence-corrected chi connectivity index (χ3v) is 4.00. The Labute approximate surface area is 97.7 Å². The molecule has 2 aliphatic rings. The zero-order valence-electron chi connectivity index (χ0n) is 9.77. The van der Waals surface area contributed by atoms with Gasteiger partial charge in [0.25, 0.3) is 0 Å². The first kappa shape index (κ1) is 9.89. The van der Waals surface area contributed by atoms with Crippen LogP contribution < -0.4 is 0 Å². The molecule has 3 unspecified atom stereocenters. The minimum Gasteiger partial charge on any atom is -0.0799 e. The van der Waals surface area contributed by atoms with Crippen molar-refractivity contribution in [2.75, 3.05) is 0 Å². The van der Waals surface area contributed by atoms with Crippen molar-refractivity contribution in [1.29, 1.82) is 0 Å². The minimum absolute atomic E-state index is 0.637. The third kappa shape index (κ3) is 1.36. The van der Waals surface area contributed by atoms with E-state index in [2.05, 4.69) is 55.5 Å². The van der Waals surface area contributed by atoms with Crippen molar-refractivity contribution in [1.82, 2.24) is 0 Å². The van der Waals surface area contributed by atoms with E-state index in [-0.39, 0.29) is 0 Å². The standard InChI is InChI=1S/C16H18/c1-2-7-12-13-8-3-5-10-15(13)16-11-6-4-9-14(12)16/h3-6,8-13,15H,2,7H2,1H3. The Morgan fingerprint density at radius 3 is 2.56 bits per heavy atom. The Hall–Kier alpha value is -1.30. The SMILES string of the molecule is CCCC1c2ccccc2C2C=CC=CC21. The van der Waals surface area contributed by atoms with Gasteiger partial charge in [-0.3, -0.25) is 0 Å². The Balaban J connectivity index is 2.07. The van der Waals surface area contributed by atoms with E-state index in [4.69, 9.17) is 0 Å². The van der Waals surface area contributed by atoms with Crippen LogP contribution in [-0.2, 0) is 0 Å². The molecule has 82 valence electrons. The van der Waals surface area contributed by atoms with Gasteiger partial charge >= 0.3 is 0 Å². The number of hydrogen-bond acceptors (Lipinski definition) is 0. The molecule has 0 spiro atoms. The van der Waals surface area contributed by atoms with Gasteiger partial charge < -0.3 is 0 Å². The highest BCUT2D eigenvalue weighted by molar-refractivity contribution is 5.46. The monoisotopic (exact) mass is 210 g/mol. The average molecular weight is 210 g/mol. The summed E-state index contributed by atoms with van der Waals surface area (Å²) in [6.45, 7) is 2.29. The summed E-state index contributed by atoms with van der Waals surface area (Å²) in [5.74, 6) is 2.09. The Morgan fingerprint density at radius 1 is 1.00 bits per heavy atom. The molecule has 0 N–H and O–H groups in total. The molecule has 2 aliphatic carbocycles. The maximum absolute atomic E-state index is 2.41. The van der Waals surface area contributed by atoms with Crippen molar-refractivity contribution in [3.05, 3.63) is 59.7 Å². The molecule has 0 heteroatoms. The first-order valence-electron chi connectivity index (χ1n) is 6.35. The third-order valence-electron chi connectivity index (χ3n) is 4.00. The summed E-state index contributed by atoms with van der Waals surface area (Å²) in [6, 6.07) is 9.00. The minimum atomic E-state index is 0.637. The van der Waals surface area contributed by atoms with Gasteiger partial charge in [-0.25, -0.2) is 0 Å².